The Bertz CT molecular complexity index is 1360. The second-order valence-electron chi connectivity index (χ2n) is 6.99. The van der Waals surface area contributed by atoms with Crippen molar-refractivity contribution >= 4 is 27.5 Å². The van der Waals surface area contributed by atoms with Crippen LogP contribution in [0.4, 0.5) is 4.39 Å². The number of halogens is 1. The zero-order valence-corrected chi connectivity index (χ0v) is 17.1. The van der Waals surface area contributed by atoms with E-state index < -0.39 is 0 Å². The molecule has 5 rings (SSSR count). The Morgan fingerprint density at radius 2 is 1.87 bits per heavy atom. The van der Waals surface area contributed by atoms with Crippen LogP contribution in [0.1, 0.15) is 15.9 Å². The molecule has 5 aromatic rings. The minimum atomic E-state index is -0.293. The highest BCUT2D eigenvalue weighted by molar-refractivity contribution is 7.20. The van der Waals surface area contributed by atoms with E-state index >= 15 is 0 Å². The summed E-state index contributed by atoms with van der Waals surface area (Å²) in [5, 5.41) is 7.93. The Hall–Kier alpha value is -3.84. The van der Waals surface area contributed by atoms with Gasteiger partial charge in [0.25, 0.3) is 5.91 Å². The molecule has 0 aliphatic rings. The average Bonchev–Trinajstić information content (AvgIpc) is 3.45. The molecule has 3 aromatic carbocycles. The summed E-state index contributed by atoms with van der Waals surface area (Å²) < 4.78 is 16.3. The molecule has 1 amide bonds. The number of hydrogen-bond donors (Lipinski definition) is 1. The van der Waals surface area contributed by atoms with E-state index in [2.05, 4.69) is 15.4 Å². The zero-order valence-electron chi connectivity index (χ0n) is 16.3. The number of nitrogens with one attached hydrogen (secondary N) is 1. The predicted octanol–water partition coefficient (Wildman–Crippen LogP) is 5.22. The van der Waals surface area contributed by atoms with Crippen molar-refractivity contribution in [3.05, 3.63) is 102 Å². The largest absolute Gasteiger partial charge is 0.348 e. The van der Waals surface area contributed by atoms with Gasteiger partial charge in [0.05, 0.1) is 22.0 Å². The van der Waals surface area contributed by atoms with Crippen molar-refractivity contribution in [3.8, 4) is 16.3 Å². The van der Waals surface area contributed by atoms with Gasteiger partial charge in [0.15, 0.2) is 0 Å². The summed E-state index contributed by atoms with van der Waals surface area (Å²) in [5.74, 6) is -0.528. The highest BCUT2D eigenvalue weighted by Crippen LogP contribution is 2.25. The van der Waals surface area contributed by atoms with Crippen LogP contribution in [0.2, 0.25) is 0 Å². The molecule has 0 aliphatic heterocycles. The van der Waals surface area contributed by atoms with Gasteiger partial charge in [-0.05, 0) is 41.0 Å². The Morgan fingerprint density at radius 1 is 1.03 bits per heavy atom. The minimum Gasteiger partial charge on any atom is -0.348 e. The van der Waals surface area contributed by atoms with Crippen LogP contribution in [0.25, 0.3) is 26.5 Å². The van der Waals surface area contributed by atoms with E-state index in [1.807, 2.05) is 54.6 Å². The molecule has 5 nitrogen and oxygen atoms in total. The maximum Gasteiger partial charge on any atom is 0.254 e. The minimum absolute atomic E-state index is 0.235. The summed E-state index contributed by atoms with van der Waals surface area (Å²) in [6.07, 6.45) is 3.20. The third-order valence-corrected chi connectivity index (χ3v) is 5.94. The maximum absolute atomic E-state index is 13.6. The van der Waals surface area contributed by atoms with Gasteiger partial charge in [-0.2, -0.15) is 5.10 Å². The Balaban J connectivity index is 1.33. The number of carbonyl (C=O) groups excluding carboxylic acids is 1. The van der Waals surface area contributed by atoms with Crippen molar-refractivity contribution in [2.45, 2.75) is 6.54 Å². The Kier molecular flexibility index (Phi) is 5.01. The highest BCUT2D eigenvalue weighted by Gasteiger charge is 2.13. The number of rotatable bonds is 5. The van der Waals surface area contributed by atoms with Gasteiger partial charge in [-0.15, -0.1) is 0 Å². The standard InChI is InChI=1S/C24H17FN4OS/c25-19-8-5-7-16(12-19)20-9-2-1-6-17(20)13-26-23(30)18-14-27-29(15-18)24-28-21-10-3-4-11-22(21)31-24/h1-12,14-15H,13H2,(H,26,30). The molecule has 0 saturated carbocycles. The first-order chi connectivity index (χ1) is 15.2. The van der Waals surface area contributed by atoms with Crippen molar-refractivity contribution in [1.82, 2.24) is 20.1 Å². The van der Waals surface area contributed by atoms with E-state index in [0.29, 0.717) is 17.2 Å². The molecular weight excluding hydrogens is 411 g/mol. The van der Waals surface area contributed by atoms with Crippen LogP contribution in [0.3, 0.4) is 0 Å². The normalized spacial score (nSPS) is 11.0. The van der Waals surface area contributed by atoms with Gasteiger partial charge in [0.1, 0.15) is 5.82 Å². The summed E-state index contributed by atoms with van der Waals surface area (Å²) >= 11 is 1.51. The van der Waals surface area contributed by atoms with Crippen molar-refractivity contribution in [2.75, 3.05) is 0 Å². The average molecular weight is 428 g/mol. The third-order valence-electron chi connectivity index (χ3n) is 4.92. The molecule has 152 valence electrons. The van der Waals surface area contributed by atoms with E-state index in [4.69, 9.17) is 0 Å². The number of thiazole rings is 1. The van der Waals surface area contributed by atoms with Crippen molar-refractivity contribution in [3.63, 3.8) is 0 Å². The van der Waals surface area contributed by atoms with Crippen LogP contribution in [0.5, 0.6) is 0 Å². The molecule has 0 aliphatic carbocycles. The lowest BCUT2D eigenvalue weighted by molar-refractivity contribution is 0.0951. The number of fused-ring (bicyclic) bond motifs is 1. The smallest absolute Gasteiger partial charge is 0.254 e. The van der Waals surface area contributed by atoms with Crippen molar-refractivity contribution < 1.29 is 9.18 Å². The molecule has 2 aromatic heterocycles. The number of benzene rings is 3. The zero-order chi connectivity index (χ0) is 21.2. The van der Waals surface area contributed by atoms with E-state index in [-0.39, 0.29) is 11.7 Å². The van der Waals surface area contributed by atoms with E-state index in [1.165, 1.54) is 29.7 Å². The first-order valence-corrected chi connectivity index (χ1v) is 10.5. The van der Waals surface area contributed by atoms with Gasteiger partial charge in [-0.1, -0.05) is 59.9 Å². The number of amides is 1. The Morgan fingerprint density at radius 3 is 2.74 bits per heavy atom. The highest BCUT2D eigenvalue weighted by atomic mass is 32.1. The second-order valence-corrected chi connectivity index (χ2v) is 8.00. The molecule has 0 fully saturated rings. The van der Waals surface area contributed by atoms with Crippen LogP contribution in [0, 0.1) is 5.82 Å². The summed E-state index contributed by atoms with van der Waals surface area (Å²) in [6, 6.07) is 21.9. The lowest BCUT2D eigenvalue weighted by atomic mass is 9.99. The molecule has 2 heterocycles. The third kappa shape index (κ3) is 3.95. The molecule has 31 heavy (non-hydrogen) atoms. The molecule has 0 radical (unpaired) electrons. The summed E-state index contributed by atoms with van der Waals surface area (Å²) in [7, 11) is 0. The molecule has 0 unspecified atom stereocenters. The Labute approximate surface area is 181 Å². The van der Waals surface area contributed by atoms with Crippen molar-refractivity contribution in [2.24, 2.45) is 0 Å². The van der Waals surface area contributed by atoms with Crippen LogP contribution in [-0.2, 0) is 6.54 Å². The lowest BCUT2D eigenvalue weighted by Gasteiger charge is -2.10. The molecule has 0 spiro atoms. The molecule has 0 atom stereocenters. The van der Waals surface area contributed by atoms with Crippen molar-refractivity contribution in [1.29, 1.82) is 0 Å². The van der Waals surface area contributed by atoms with E-state index in [9.17, 15) is 9.18 Å². The van der Waals surface area contributed by atoms with Gasteiger partial charge in [-0.25, -0.2) is 14.1 Å². The van der Waals surface area contributed by atoms with Gasteiger partial charge < -0.3 is 5.32 Å². The maximum atomic E-state index is 13.6. The van der Waals surface area contributed by atoms with Crippen LogP contribution in [0.15, 0.2) is 85.2 Å². The summed E-state index contributed by atoms with van der Waals surface area (Å²) in [5.41, 5.74) is 3.90. The fourth-order valence-corrected chi connectivity index (χ4v) is 4.29. The molecule has 7 heteroatoms. The van der Waals surface area contributed by atoms with Crippen LogP contribution >= 0.6 is 11.3 Å². The number of hydrogen-bond acceptors (Lipinski definition) is 4. The quantitative estimate of drug-likeness (QED) is 0.418. The fourth-order valence-electron chi connectivity index (χ4n) is 3.39. The molecular formula is C24H17FN4OS. The monoisotopic (exact) mass is 428 g/mol. The predicted molar refractivity (Wildman–Crippen MR) is 120 cm³/mol. The number of carbonyl (C=O) groups is 1. The van der Waals surface area contributed by atoms with E-state index in [0.717, 1.165) is 26.9 Å². The SMILES string of the molecule is O=C(NCc1ccccc1-c1cccc(F)c1)c1cnn(-c2nc3ccccc3s2)c1. The first kappa shape index (κ1) is 19.1. The van der Waals surface area contributed by atoms with Gasteiger partial charge in [0.2, 0.25) is 5.13 Å². The lowest BCUT2D eigenvalue weighted by Crippen LogP contribution is -2.22. The van der Waals surface area contributed by atoms with Crippen LogP contribution < -0.4 is 5.32 Å². The topological polar surface area (TPSA) is 59.8 Å². The number of para-hydroxylation sites is 1. The molecule has 0 saturated heterocycles. The van der Waals surface area contributed by atoms with E-state index in [1.54, 1.807) is 16.9 Å². The van der Waals surface area contributed by atoms with Crippen LogP contribution in [-0.4, -0.2) is 20.7 Å². The van der Waals surface area contributed by atoms with Gasteiger partial charge >= 0.3 is 0 Å². The second kappa shape index (κ2) is 8.12. The number of nitrogens with zero attached hydrogens (tertiary/aromatic N) is 3. The first-order valence-electron chi connectivity index (χ1n) is 9.70. The van der Waals surface area contributed by atoms with Gasteiger partial charge in [0, 0.05) is 12.7 Å². The molecule has 0 bridgehead atoms. The van der Waals surface area contributed by atoms with Gasteiger partial charge in [-0.3, -0.25) is 4.79 Å². The molecule has 1 N–H and O–H groups in total. The summed E-state index contributed by atoms with van der Waals surface area (Å²) in [6.45, 7) is 0.317. The summed E-state index contributed by atoms with van der Waals surface area (Å²) in [4.78, 5) is 17.3. The fraction of sp³-hybridized carbons (Fsp3) is 0.0417. The number of aromatic nitrogens is 3.